The van der Waals surface area contributed by atoms with Crippen molar-refractivity contribution in [3.05, 3.63) is 46.5 Å². The van der Waals surface area contributed by atoms with Gasteiger partial charge in [-0.3, -0.25) is 0 Å². The molecule has 2 heteroatoms. The van der Waals surface area contributed by atoms with Crippen LogP contribution in [0.3, 0.4) is 0 Å². The van der Waals surface area contributed by atoms with Crippen LogP contribution in [0.4, 0.5) is 0 Å². The third-order valence-corrected chi connectivity index (χ3v) is 3.89. The molecule has 0 radical (unpaired) electrons. The van der Waals surface area contributed by atoms with E-state index in [2.05, 4.69) is 24.3 Å². The Morgan fingerprint density at radius 2 is 2.13 bits per heavy atom. The third kappa shape index (κ3) is 1.51. The number of nitrogens with two attached hydrogens (primary N) is 1. The van der Waals surface area contributed by atoms with E-state index in [9.17, 15) is 0 Å². The van der Waals surface area contributed by atoms with Crippen molar-refractivity contribution in [3.8, 4) is 0 Å². The van der Waals surface area contributed by atoms with Crippen LogP contribution in [0.15, 0.2) is 30.4 Å². The second-order valence-corrected chi connectivity index (χ2v) is 5.05. The van der Waals surface area contributed by atoms with E-state index in [0.717, 1.165) is 11.4 Å². The predicted molar refractivity (Wildman–Crippen MR) is 63.1 cm³/mol. The average Bonchev–Trinajstić information content (AvgIpc) is 2.23. The molecular formula is C13H14ClN. The number of hydrogen-bond donors (Lipinski definition) is 1. The Kier molecular flexibility index (Phi) is 2.11. The van der Waals surface area contributed by atoms with Gasteiger partial charge in [-0.1, -0.05) is 29.8 Å². The van der Waals surface area contributed by atoms with Gasteiger partial charge >= 0.3 is 0 Å². The quantitative estimate of drug-likeness (QED) is 0.668. The molecule has 1 nitrogen and oxygen atoms in total. The van der Waals surface area contributed by atoms with E-state index in [-0.39, 0.29) is 6.04 Å². The van der Waals surface area contributed by atoms with Gasteiger partial charge in [-0.05, 0) is 42.0 Å². The smallest absolute Gasteiger partial charge is 0.0408 e. The van der Waals surface area contributed by atoms with Crippen LogP contribution in [0.1, 0.15) is 23.5 Å². The van der Waals surface area contributed by atoms with Gasteiger partial charge in [-0.2, -0.15) is 0 Å². The Morgan fingerprint density at radius 3 is 3.00 bits per heavy atom. The standard InChI is InChI=1S/C13H14ClN/c14-11-2-3-12-8-1-4-13(15)10(5-8)6-9(12)7-11/h1-4,7-8,10,13H,5-6,15H2. The van der Waals surface area contributed by atoms with Crippen LogP contribution >= 0.6 is 11.6 Å². The maximum Gasteiger partial charge on any atom is 0.0408 e. The topological polar surface area (TPSA) is 26.0 Å². The van der Waals surface area contributed by atoms with Crippen LogP contribution in [-0.4, -0.2) is 6.04 Å². The molecule has 0 heterocycles. The van der Waals surface area contributed by atoms with E-state index < -0.39 is 0 Å². The van der Waals surface area contributed by atoms with E-state index in [4.69, 9.17) is 17.3 Å². The molecule has 0 fully saturated rings. The third-order valence-electron chi connectivity index (χ3n) is 3.65. The Bertz CT molecular complexity index is 425. The SMILES string of the molecule is NC1C=CC2CC1Cc1cc(Cl)ccc12. The second-order valence-electron chi connectivity index (χ2n) is 4.61. The van der Waals surface area contributed by atoms with Gasteiger partial charge in [0.05, 0.1) is 0 Å². The van der Waals surface area contributed by atoms with Gasteiger partial charge in [-0.15, -0.1) is 0 Å². The van der Waals surface area contributed by atoms with Crippen LogP contribution in [0.5, 0.6) is 0 Å². The molecule has 1 aromatic carbocycles. The molecule has 2 bridgehead atoms. The molecule has 15 heavy (non-hydrogen) atoms. The van der Waals surface area contributed by atoms with Crippen LogP contribution in [0.25, 0.3) is 0 Å². The zero-order valence-corrected chi connectivity index (χ0v) is 9.24. The molecule has 78 valence electrons. The first-order valence-electron chi connectivity index (χ1n) is 5.46. The van der Waals surface area contributed by atoms with Crippen molar-refractivity contribution in [1.29, 1.82) is 0 Å². The van der Waals surface area contributed by atoms with E-state index in [1.54, 1.807) is 0 Å². The predicted octanol–water partition coefficient (Wildman–Crippen LogP) is 2.88. The van der Waals surface area contributed by atoms with Crippen molar-refractivity contribution in [2.75, 3.05) is 0 Å². The molecule has 0 amide bonds. The summed E-state index contributed by atoms with van der Waals surface area (Å²) in [7, 11) is 0. The van der Waals surface area contributed by atoms with Crippen molar-refractivity contribution in [1.82, 2.24) is 0 Å². The fourth-order valence-electron chi connectivity index (χ4n) is 2.83. The molecular weight excluding hydrogens is 206 g/mol. The molecule has 2 aliphatic rings. The summed E-state index contributed by atoms with van der Waals surface area (Å²) >= 11 is 6.02. The summed E-state index contributed by atoms with van der Waals surface area (Å²) in [5.41, 5.74) is 8.90. The molecule has 2 aliphatic carbocycles. The molecule has 3 atom stereocenters. The maximum absolute atomic E-state index is 6.06. The van der Waals surface area contributed by atoms with E-state index in [0.29, 0.717) is 11.8 Å². The van der Waals surface area contributed by atoms with Gasteiger partial charge < -0.3 is 5.73 Å². The van der Waals surface area contributed by atoms with Gasteiger partial charge in [0.1, 0.15) is 0 Å². The summed E-state index contributed by atoms with van der Waals surface area (Å²) in [5.74, 6) is 1.17. The van der Waals surface area contributed by atoms with Gasteiger partial charge in [0.25, 0.3) is 0 Å². The fourth-order valence-corrected chi connectivity index (χ4v) is 3.02. The monoisotopic (exact) mass is 219 g/mol. The lowest BCUT2D eigenvalue weighted by molar-refractivity contribution is 0.378. The summed E-state index contributed by atoms with van der Waals surface area (Å²) in [6.07, 6.45) is 6.70. The minimum atomic E-state index is 0.230. The minimum absolute atomic E-state index is 0.230. The van der Waals surface area contributed by atoms with Crippen molar-refractivity contribution in [3.63, 3.8) is 0 Å². The number of halogens is 1. The summed E-state index contributed by atoms with van der Waals surface area (Å²) < 4.78 is 0. The van der Waals surface area contributed by atoms with Crippen LogP contribution in [-0.2, 0) is 6.42 Å². The van der Waals surface area contributed by atoms with Crippen LogP contribution < -0.4 is 5.73 Å². The highest BCUT2D eigenvalue weighted by molar-refractivity contribution is 6.30. The molecule has 0 spiro atoms. The Labute approximate surface area is 94.9 Å². The highest BCUT2D eigenvalue weighted by Crippen LogP contribution is 2.40. The lowest BCUT2D eigenvalue weighted by Gasteiger charge is -2.36. The zero-order chi connectivity index (χ0) is 10.4. The molecule has 0 saturated carbocycles. The number of allylic oxidation sites excluding steroid dienone is 1. The summed E-state index contributed by atoms with van der Waals surface area (Å²) in [5, 5.41) is 0.839. The van der Waals surface area contributed by atoms with Gasteiger partial charge in [0.2, 0.25) is 0 Å². The van der Waals surface area contributed by atoms with E-state index >= 15 is 0 Å². The maximum atomic E-state index is 6.06. The lowest BCUT2D eigenvalue weighted by atomic mass is 9.71. The normalized spacial score (nSPS) is 32.5. The molecule has 0 aliphatic heterocycles. The molecule has 3 unspecified atom stereocenters. The zero-order valence-electron chi connectivity index (χ0n) is 8.49. The number of rotatable bonds is 0. The fraction of sp³-hybridized carbons (Fsp3) is 0.385. The van der Waals surface area contributed by atoms with Crippen molar-refractivity contribution < 1.29 is 0 Å². The number of benzene rings is 1. The summed E-state index contributed by atoms with van der Waals surface area (Å²) in [6, 6.07) is 6.48. The Balaban J connectivity index is 2.09. The Hall–Kier alpha value is -0.790. The van der Waals surface area contributed by atoms with Crippen LogP contribution in [0.2, 0.25) is 5.02 Å². The Morgan fingerprint density at radius 1 is 1.27 bits per heavy atom. The number of fused-ring (bicyclic) bond motifs is 4. The number of hydrogen-bond acceptors (Lipinski definition) is 1. The summed E-state index contributed by atoms with van der Waals surface area (Å²) in [6.45, 7) is 0. The molecule has 2 N–H and O–H groups in total. The van der Waals surface area contributed by atoms with Crippen molar-refractivity contribution in [2.24, 2.45) is 11.7 Å². The minimum Gasteiger partial charge on any atom is -0.324 e. The van der Waals surface area contributed by atoms with Crippen LogP contribution in [0, 0.1) is 5.92 Å². The first kappa shape index (κ1) is 9.44. The van der Waals surface area contributed by atoms with Gasteiger partial charge in [-0.25, -0.2) is 0 Å². The summed E-state index contributed by atoms with van der Waals surface area (Å²) in [4.78, 5) is 0. The van der Waals surface area contributed by atoms with Crippen molar-refractivity contribution >= 4 is 11.6 Å². The largest absolute Gasteiger partial charge is 0.324 e. The average molecular weight is 220 g/mol. The van der Waals surface area contributed by atoms with Gasteiger partial charge in [0, 0.05) is 17.0 Å². The highest BCUT2D eigenvalue weighted by atomic mass is 35.5. The van der Waals surface area contributed by atoms with E-state index in [1.165, 1.54) is 17.5 Å². The first-order chi connectivity index (χ1) is 7.24. The second kappa shape index (κ2) is 3.36. The molecule has 1 aromatic rings. The van der Waals surface area contributed by atoms with Crippen molar-refractivity contribution in [2.45, 2.75) is 24.8 Å². The van der Waals surface area contributed by atoms with Gasteiger partial charge in [0.15, 0.2) is 0 Å². The molecule has 0 aromatic heterocycles. The van der Waals surface area contributed by atoms with E-state index in [1.807, 2.05) is 6.07 Å². The lowest BCUT2D eigenvalue weighted by Crippen LogP contribution is -2.36. The molecule has 3 rings (SSSR count). The molecule has 0 saturated heterocycles. The first-order valence-corrected chi connectivity index (χ1v) is 5.84. The highest BCUT2D eigenvalue weighted by Gasteiger charge is 2.31.